The summed E-state index contributed by atoms with van der Waals surface area (Å²) in [5.41, 5.74) is 1.40. The van der Waals surface area contributed by atoms with Gasteiger partial charge in [0.1, 0.15) is 5.75 Å². The number of benzene rings is 1. The Morgan fingerprint density at radius 3 is 2.30 bits per heavy atom. The summed E-state index contributed by atoms with van der Waals surface area (Å²) in [6.45, 7) is 7.97. The van der Waals surface area contributed by atoms with Crippen LogP contribution in [-0.4, -0.2) is 19.7 Å². The van der Waals surface area contributed by atoms with Crippen LogP contribution in [-0.2, 0) is 6.42 Å². The number of hydrogen-bond acceptors (Lipinski definition) is 2. The molecule has 0 radical (unpaired) electrons. The molecule has 0 aliphatic heterocycles. The summed E-state index contributed by atoms with van der Waals surface area (Å²) in [5, 5.41) is 3.69. The molecule has 0 spiro atoms. The maximum absolute atomic E-state index is 5.20. The van der Waals surface area contributed by atoms with E-state index in [4.69, 9.17) is 4.74 Å². The first kappa shape index (κ1) is 17.0. The number of nitrogens with one attached hydrogen (secondary N) is 1. The summed E-state index contributed by atoms with van der Waals surface area (Å²) in [6, 6.07) is 9.12. The van der Waals surface area contributed by atoms with Crippen LogP contribution in [0.2, 0.25) is 0 Å². The van der Waals surface area contributed by atoms with Crippen molar-refractivity contribution in [2.24, 2.45) is 5.92 Å². The number of aryl methyl sites for hydroxylation is 1. The van der Waals surface area contributed by atoms with Crippen LogP contribution >= 0.6 is 0 Å². The zero-order chi connectivity index (χ0) is 14.8. The second-order valence-electron chi connectivity index (χ2n) is 6.01. The topological polar surface area (TPSA) is 21.3 Å². The van der Waals surface area contributed by atoms with Crippen molar-refractivity contribution in [3.8, 4) is 5.75 Å². The van der Waals surface area contributed by atoms with Gasteiger partial charge in [0.25, 0.3) is 0 Å². The predicted octanol–water partition coefficient (Wildman–Crippen LogP) is 4.43. The highest BCUT2D eigenvalue weighted by Gasteiger charge is 2.09. The molecule has 0 aliphatic rings. The summed E-state index contributed by atoms with van der Waals surface area (Å²) < 4.78 is 5.20. The van der Waals surface area contributed by atoms with Crippen molar-refractivity contribution in [3.63, 3.8) is 0 Å². The average molecular weight is 277 g/mol. The Labute approximate surface area is 124 Å². The molecule has 1 aromatic carbocycles. The molecule has 0 fully saturated rings. The van der Waals surface area contributed by atoms with Gasteiger partial charge in [-0.2, -0.15) is 0 Å². The largest absolute Gasteiger partial charge is 0.497 e. The molecule has 1 aromatic rings. The number of ether oxygens (including phenoxy) is 1. The van der Waals surface area contributed by atoms with Crippen molar-refractivity contribution in [1.29, 1.82) is 0 Å². The van der Waals surface area contributed by atoms with E-state index in [1.165, 1.54) is 31.2 Å². The van der Waals surface area contributed by atoms with Crippen LogP contribution in [0.4, 0.5) is 0 Å². The van der Waals surface area contributed by atoms with Gasteiger partial charge in [-0.1, -0.05) is 32.9 Å². The van der Waals surface area contributed by atoms with E-state index in [1.807, 2.05) is 0 Å². The van der Waals surface area contributed by atoms with E-state index < -0.39 is 0 Å². The lowest BCUT2D eigenvalue weighted by atomic mass is 9.98. The molecule has 114 valence electrons. The lowest BCUT2D eigenvalue weighted by molar-refractivity contribution is 0.409. The highest BCUT2D eigenvalue weighted by molar-refractivity contribution is 5.27. The molecule has 0 bridgehead atoms. The van der Waals surface area contributed by atoms with Crippen LogP contribution < -0.4 is 10.1 Å². The van der Waals surface area contributed by atoms with Gasteiger partial charge in [0.05, 0.1) is 7.11 Å². The van der Waals surface area contributed by atoms with Crippen molar-refractivity contribution in [2.45, 2.75) is 58.9 Å². The van der Waals surface area contributed by atoms with Gasteiger partial charge in [0, 0.05) is 6.04 Å². The van der Waals surface area contributed by atoms with Crippen molar-refractivity contribution >= 4 is 0 Å². The van der Waals surface area contributed by atoms with E-state index in [0.29, 0.717) is 6.04 Å². The maximum atomic E-state index is 5.20. The fourth-order valence-corrected chi connectivity index (χ4v) is 2.36. The molecule has 2 heteroatoms. The van der Waals surface area contributed by atoms with E-state index in [2.05, 4.69) is 50.4 Å². The van der Waals surface area contributed by atoms with Crippen LogP contribution in [0.15, 0.2) is 24.3 Å². The lowest BCUT2D eigenvalue weighted by Crippen LogP contribution is -2.30. The summed E-state index contributed by atoms with van der Waals surface area (Å²) in [6.07, 6.45) is 6.17. The molecule has 1 rings (SSSR count). The van der Waals surface area contributed by atoms with Gasteiger partial charge >= 0.3 is 0 Å². The molecule has 20 heavy (non-hydrogen) atoms. The first-order chi connectivity index (χ1) is 9.65. The van der Waals surface area contributed by atoms with Crippen molar-refractivity contribution in [2.75, 3.05) is 13.7 Å². The third-order valence-electron chi connectivity index (χ3n) is 3.72. The van der Waals surface area contributed by atoms with Crippen LogP contribution in [0.3, 0.4) is 0 Å². The van der Waals surface area contributed by atoms with E-state index in [0.717, 1.165) is 24.6 Å². The zero-order valence-corrected chi connectivity index (χ0v) is 13.6. The minimum Gasteiger partial charge on any atom is -0.497 e. The normalized spacial score (nSPS) is 12.7. The molecule has 0 heterocycles. The third-order valence-corrected chi connectivity index (χ3v) is 3.72. The summed E-state index contributed by atoms with van der Waals surface area (Å²) in [5.74, 6) is 1.73. The summed E-state index contributed by atoms with van der Waals surface area (Å²) in [7, 11) is 1.71. The molecular weight excluding hydrogens is 246 g/mol. The molecule has 1 N–H and O–H groups in total. The quantitative estimate of drug-likeness (QED) is 0.683. The Hall–Kier alpha value is -1.02. The summed E-state index contributed by atoms with van der Waals surface area (Å²) in [4.78, 5) is 0. The first-order valence-electron chi connectivity index (χ1n) is 8.02. The number of rotatable bonds is 10. The molecule has 1 unspecified atom stereocenters. The molecule has 0 aromatic heterocycles. The molecular formula is C18H31NO. The highest BCUT2D eigenvalue weighted by Crippen LogP contribution is 2.15. The van der Waals surface area contributed by atoms with Gasteiger partial charge in [0.2, 0.25) is 0 Å². The molecule has 2 nitrogen and oxygen atoms in total. The van der Waals surface area contributed by atoms with Gasteiger partial charge in [-0.05, 0) is 62.3 Å². The SMILES string of the molecule is CCCNC(CCc1ccc(OC)cc1)CCC(C)C. The van der Waals surface area contributed by atoms with Crippen LogP contribution in [0.25, 0.3) is 0 Å². The monoisotopic (exact) mass is 277 g/mol. The summed E-state index contributed by atoms with van der Waals surface area (Å²) >= 11 is 0. The van der Waals surface area contributed by atoms with Crippen molar-refractivity contribution < 1.29 is 4.74 Å². The van der Waals surface area contributed by atoms with E-state index >= 15 is 0 Å². The molecule has 0 saturated heterocycles. The van der Waals surface area contributed by atoms with Crippen LogP contribution in [0, 0.1) is 5.92 Å². The lowest BCUT2D eigenvalue weighted by Gasteiger charge is -2.19. The first-order valence-corrected chi connectivity index (χ1v) is 8.02. The predicted molar refractivity (Wildman–Crippen MR) is 87.5 cm³/mol. The minimum absolute atomic E-state index is 0.652. The van der Waals surface area contributed by atoms with Crippen LogP contribution in [0.5, 0.6) is 5.75 Å². The Morgan fingerprint density at radius 1 is 1.05 bits per heavy atom. The highest BCUT2D eigenvalue weighted by atomic mass is 16.5. The minimum atomic E-state index is 0.652. The molecule has 0 saturated carbocycles. The fourth-order valence-electron chi connectivity index (χ4n) is 2.36. The van der Waals surface area contributed by atoms with Gasteiger partial charge in [0.15, 0.2) is 0 Å². The molecule has 0 aliphatic carbocycles. The van der Waals surface area contributed by atoms with E-state index in [9.17, 15) is 0 Å². The Balaban J connectivity index is 2.42. The zero-order valence-electron chi connectivity index (χ0n) is 13.6. The van der Waals surface area contributed by atoms with Gasteiger partial charge in [-0.3, -0.25) is 0 Å². The van der Waals surface area contributed by atoms with Gasteiger partial charge < -0.3 is 10.1 Å². The maximum Gasteiger partial charge on any atom is 0.118 e. The molecule has 1 atom stereocenters. The smallest absolute Gasteiger partial charge is 0.118 e. The van der Waals surface area contributed by atoms with Gasteiger partial charge in [-0.25, -0.2) is 0 Å². The number of methoxy groups -OCH3 is 1. The van der Waals surface area contributed by atoms with Crippen LogP contribution in [0.1, 0.15) is 52.0 Å². The van der Waals surface area contributed by atoms with Crippen molar-refractivity contribution in [3.05, 3.63) is 29.8 Å². The molecule has 0 amide bonds. The van der Waals surface area contributed by atoms with E-state index in [-0.39, 0.29) is 0 Å². The Kier molecular flexibility index (Phi) is 8.36. The standard InChI is InChI=1S/C18H31NO/c1-5-14-19-17(10-6-15(2)3)11-7-16-8-12-18(20-4)13-9-16/h8-9,12-13,15,17,19H,5-7,10-11,14H2,1-4H3. The fraction of sp³-hybridized carbons (Fsp3) is 0.667. The Bertz CT molecular complexity index is 345. The average Bonchev–Trinajstić information content (AvgIpc) is 2.46. The second-order valence-corrected chi connectivity index (χ2v) is 6.01. The van der Waals surface area contributed by atoms with Crippen molar-refractivity contribution in [1.82, 2.24) is 5.32 Å². The number of hydrogen-bond donors (Lipinski definition) is 1. The Morgan fingerprint density at radius 2 is 1.75 bits per heavy atom. The van der Waals surface area contributed by atoms with E-state index in [1.54, 1.807) is 7.11 Å². The third kappa shape index (κ3) is 6.95. The van der Waals surface area contributed by atoms with Gasteiger partial charge in [-0.15, -0.1) is 0 Å². The second kappa shape index (κ2) is 9.82.